The van der Waals surface area contributed by atoms with E-state index >= 15 is 0 Å². The van der Waals surface area contributed by atoms with Gasteiger partial charge < -0.3 is 24.7 Å². The van der Waals surface area contributed by atoms with E-state index in [1.165, 1.54) is 0 Å². The van der Waals surface area contributed by atoms with Crippen LogP contribution in [0.4, 0.5) is 0 Å². The van der Waals surface area contributed by atoms with Gasteiger partial charge in [-0.3, -0.25) is 29.0 Å². The maximum atomic E-state index is 10.6. The van der Waals surface area contributed by atoms with E-state index in [4.69, 9.17) is 20.4 Å². The van der Waals surface area contributed by atoms with Gasteiger partial charge >= 0.3 is 113 Å². The predicted molar refractivity (Wildman–Crippen MR) is 77.1 cm³/mol. The Morgan fingerprint density at radius 2 is 0.750 bits per heavy atom. The second-order valence-electron chi connectivity index (χ2n) is 4.00. The number of nitrogens with zero attached hydrogens (tertiary/aromatic N) is 2. The van der Waals surface area contributed by atoms with E-state index < -0.39 is 50.1 Å². The average Bonchev–Trinajstić information content (AvgIpc) is 2.22. The quantitative estimate of drug-likeness (QED) is 0.225. The molecule has 14 heteroatoms. The zero-order chi connectivity index (χ0) is 15.7. The Morgan fingerprint density at radius 3 is 0.875 bits per heavy atom. The van der Waals surface area contributed by atoms with E-state index in [0.29, 0.717) is 0 Å². The van der Waals surface area contributed by atoms with Gasteiger partial charge in [0.05, 0.1) is 26.2 Å². The molecule has 4 N–H and O–H groups in total. The Balaban J connectivity index is -0.0000000860. The van der Waals surface area contributed by atoms with Crippen LogP contribution in [-0.2, 0) is 19.2 Å². The summed E-state index contributed by atoms with van der Waals surface area (Å²) in [6, 6.07) is 0. The van der Waals surface area contributed by atoms with Crippen LogP contribution < -0.4 is 88.7 Å². The van der Waals surface area contributed by atoms with Crippen LogP contribution in [0.2, 0.25) is 0 Å². The van der Waals surface area contributed by atoms with Crippen LogP contribution in [0.15, 0.2) is 0 Å². The minimum absolute atomic E-state index is 0. The molecule has 0 rings (SSSR count). The van der Waals surface area contributed by atoms with Crippen molar-refractivity contribution < 1.29 is 133 Å². The molecule has 128 valence electrons. The minimum atomic E-state index is -1.23. The molecule has 0 amide bonds. The molecule has 0 saturated heterocycles. The zero-order valence-corrected chi connectivity index (χ0v) is 21.7. The Hall–Kier alpha value is 1.28. The Labute approximate surface area is 220 Å². The molecule has 0 spiro atoms. The van der Waals surface area contributed by atoms with E-state index in [1.54, 1.807) is 0 Å². The van der Waals surface area contributed by atoms with E-state index in [-0.39, 0.29) is 123 Å². The van der Waals surface area contributed by atoms with E-state index in [0.717, 1.165) is 9.80 Å². The fraction of sp³-hybridized carbons (Fsp3) is 0.600. The van der Waals surface area contributed by atoms with Gasteiger partial charge in [0.1, 0.15) is 0 Å². The van der Waals surface area contributed by atoms with Crippen molar-refractivity contribution in [1.82, 2.24) is 9.80 Å². The molecule has 0 aliphatic carbocycles. The third kappa shape index (κ3) is 23.3. The van der Waals surface area contributed by atoms with Crippen LogP contribution in [0.3, 0.4) is 0 Å². The van der Waals surface area contributed by atoms with Crippen LogP contribution in [0, 0.1) is 0 Å². The summed E-state index contributed by atoms with van der Waals surface area (Å²) in [5.41, 5.74) is 0. The molecule has 10 nitrogen and oxygen atoms in total. The smallest absolute Gasteiger partial charge is 1.00 e. The van der Waals surface area contributed by atoms with Gasteiger partial charge in [0.25, 0.3) is 0 Å². The van der Waals surface area contributed by atoms with Gasteiger partial charge in [-0.2, -0.15) is 0 Å². The monoisotopic (exact) mass is 444 g/mol. The summed E-state index contributed by atoms with van der Waals surface area (Å²) in [6.07, 6.45) is 0. The van der Waals surface area contributed by atoms with Crippen molar-refractivity contribution in [3.8, 4) is 0 Å². The average molecular weight is 445 g/mol. The normalized spacial score (nSPS) is 8.92. The topological polar surface area (TPSA) is 156 Å². The fourth-order valence-electron chi connectivity index (χ4n) is 1.48. The van der Waals surface area contributed by atoms with Crippen molar-refractivity contribution in [2.45, 2.75) is 0 Å². The number of halogens is 1. The van der Waals surface area contributed by atoms with Crippen LogP contribution in [0.1, 0.15) is 4.28 Å². The molecule has 0 bridgehead atoms. The number of hydrogen-bond donors (Lipinski definition) is 4. The first kappa shape index (κ1) is 36.2. The largest absolute Gasteiger partial charge is 1.00 e. The number of aliphatic carboxylic acids is 4. The summed E-state index contributed by atoms with van der Waals surface area (Å²) in [4.78, 5) is 44.4. The minimum Gasteiger partial charge on any atom is -1.00 e. The van der Waals surface area contributed by atoms with Gasteiger partial charge in [0.15, 0.2) is 0 Å². The second kappa shape index (κ2) is 20.6. The molecular formula is C10H20BrN2Na3O8. The SMILES string of the molecule is Br.O=C(O)CN(CCN(CC(=O)O)CC(=O)O)CC(=O)O.[H-].[H-].[H-].[Na+].[Na+].[Na+]. The van der Waals surface area contributed by atoms with Gasteiger partial charge in [-0.1, -0.05) is 0 Å². The predicted octanol–water partition coefficient (Wildman–Crippen LogP) is -10.1. The number of rotatable bonds is 11. The molecule has 0 saturated carbocycles. The maximum absolute atomic E-state index is 10.6. The van der Waals surface area contributed by atoms with Gasteiger partial charge in [0.2, 0.25) is 0 Å². The van der Waals surface area contributed by atoms with E-state index in [1.807, 2.05) is 0 Å². The Kier molecular flexibility index (Phi) is 31.1. The van der Waals surface area contributed by atoms with E-state index in [9.17, 15) is 19.2 Å². The first-order chi connectivity index (χ1) is 9.20. The molecule has 0 fully saturated rings. The van der Waals surface area contributed by atoms with Crippen molar-refractivity contribution in [2.24, 2.45) is 0 Å². The van der Waals surface area contributed by atoms with Gasteiger partial charge in [0, 0.05) is 13.1 Å². The van der Waals surface area contributed by atoms with Crippen LogP contribution in [0.25, 0.3) is 0 Å². The fourth-order valence-corrected chi connectivity index (χ4v) is 1.48. The van der Waals surface area contributed by atoms with Crippen LogP contribution in [0.5, 0.6) is 0 Å². The first-order valence-electron chi connectivity index (χ1n) is 5.52. The molecule has 0 aliphatic rings. The summed E-state index contributed by atoms with van der Waals surface area (Å²) in [7, 11) is 0. The number of carbonyl (C=O) groups is 4. The van der Waals surface area contributed by atoms with E-state index in [2.05, 4.69) is 0 Å². The molecule has 0 aromatic rings. The molecule has 0 aromatic carbocycles. The van der Waals surface area contributed by atoms with Crippen molar-refractivity contribution in [2.75, 3.05) is 39.3 Å². The third-order valence-electron chi connectivity index (χ3n) is 2.17. The van der Waals surface area contributed by atoms with Crippen LogP contribution in [-0.4, -0.2) is 93.4 Å². The summed E-state index contributed by atoms with van der Waals surface area (Å²) in [6.45, 7) is -2.25. The number of carboxylic acid groups (broad SMARTS) is 4. The third-order valence-corrected chi connectivity index (χ3v) is 2.17. The summed E-state index contributed by atoms with van der Waals surface area (Å²) in [5.74, 6) is -4.91. The van der Waals surface area contributed by atoms with Crippen molar-refractivity contribution in [1.29, 1.82) is 0 Å². The summed E-state index contributed by atoms with van der Waals surface area (Å²) >= 11 is 0. The molecule has 0 heterocycles. The Bertz CT molecular complexity index is 348. The van der Waals surface area contributed by atoms with Gasteiger partial charge in [-0.05, 0) is 0 Å². The van der Waals surface area contributed by atoms with Crippen molar-refractivity contribution >= 4 is 40.9 Å². The Morgan fingerprint density at radius 1 is 0.583 bits per heavy atom. The summed E-state index contributed by atoms with van der Waals surface area (Å²) in [5, 5.41) is 34.5. The van der Waals surface area contributed by atoms with Gasteiger partial charge in [-0.25, -0.2) is 0 Å². The number of carboxylic acids is 4. The molecule has 0 aliphatic heterocycles. The second-order valence-corrected chi connectivity index (χ2v) is 4.00. The maximum Gasteiger partial charge on any atom is 1.00 e. The van der Waals surface area contributed by atoms with Crippen LogP contribution >= 0.6 is 17.0 Å². The van der Waals surface area contributed by atoms with Crippen molar-refractivity contribution in [3.63, 3.8) is 0 Å². The molecule has 0 unspecified atom stereocenters. The first-order valence-corrected chi connectivity index (χ1v) is 5.52. The molecular weight excluding hydrogens is 425 g/mol. The van der Waals surface area contributed by atoms with Gasteiger partial charge in [-0.15, -0.1) is 17.0 Å². The molecule has 0 radical (unpaired) electrons. The standard InChI is InChI=1S/C10H16N2O8.BrH.3Na.3H/c13-7(14)3-11(4-8(15)16)1-2-12(5-9(17)18)6-10(19)20;;;;;;;/h1-6H2,(H,13,14)(H,15,16)(H,17,18)(H,19,20);1H;;;;;;/q;;3*+1;3*-1. The molecule has 0 aromatic heterocycles. The van der Waals surface area contributed by atoms with Crippen molar-refractivity contribution in [3.05, 3.63) is 0 Å². The molecule has 24 heavy (non-hydrogen) atoms. The molecule has 0 atom stereocenters. The summed E-state index contributed by atoms with van der Waals surface area (Å²) < 4.78 is 0. The zero-order valence-electron chi connectivity index (χ0n) is 17.0. The number of hydrogen-bond acceptors (Lipinski definition) is 6.